The summed E-state index contributed by atoms with van der Waals surface area (Å²) in [5.41, 5.74) is 10.1. The van der Waals surface area contributed by atoms with Crippen molar-refractivity contribution in [2.45, 2.75) is 78.3 Å². The van der Waals surface area contributed by atoms with Gasteiger partial charge in [0.25, 0.3) is 0 Å². The summed E-state index contributed by atoms with van der Waals surface area (Å²) in [5, 5.41) is 0.785. The van der Waals surface area contributed by atoms with Crippen molar-refractivity contribution in [3.63, 3.8) is 0 Å². The second-order valence-electron chi connectivity index (χ2n) is 11.0. The van der Waals surface area contributed by atoms with E-state index in [0.717, 1.165) is 63.2 Å². The number of rotatable bonds is 11. The Kier molecular flexibility index (Phi) is 10.5. The van der Waals surface area contributed by atoms with Crippen LogP contribution < -0.4 is 10.6 Å². The number of anilines is 1. The van der Waals surface area contributed by atoms with Gasteiger partial charge in [0.2, 0.25) is 5.91 Å². The first kappa shape index (κ1) is 27.5. The van der Waals surface area contributed by atoms with Crippen LogP contribution in [-0.4, -0.2) is 42.5 Å². The molecule has 4 nitrogen and oxygen atoms in total. The summed E-state index contributed by atoms with van der Waals surface area (Å²) < 4.78 is 0. The van der Waals surface area contributed by atoms with Crippen molar-refractivity contribution in [1.29, 1.82) is 0 Å². The molecule has 0 unspecified atom stereocenters. The number of amides is 1. The fraction of sp³-hybridized carbons (Fsp3) is 0.567. The number of carbonyl (C=O) groups excluding carboxylic acids is 1. The molecule has 1 aliphatic rings. The maximum atomic E-state index is 12.8. The van der Waals surface area contributed by atoms with Gasteiger partial charge in [-0.25, -0.2) is 0 Å². The SMILES string of the molecule is CC(C)CCN(c1ccc(CCc2ccc(Cl)cc2)cc1)C1CCN(C(=O)[C@@H](N)CC(C)C)CC1. The van der Waals surface area contributed by atoms with Crippen molar-refractivity contribution in [2.75, 3.05) is 24.5 Å². The molecule has 0 spiro atoms. The lowest BCUT2D eigenvalue weighted by molar-refractivity contribution is -0.134. The summed E-state index contributed by atoms with van der Waals surface area (Å²) in [7, 11) is 0. The molecule has 0 saturated carbocycles. The number of piperidine rings is 1. The first-order valence-corrected chi connectivity index (χ1v) is 13.7. The summed E-state index contributed by atoms with van der Waals surface area (Å²) in [5.74, 6) is 1.22. The van der Waals surface area contributed by atoms with Gasteiger partial charge in [0, 0.05) is 36.4 Å². The summed E-state index contributed by atoms with van der Waals surface area (Å²) in [6.45, 7) is 11.5. The zero-order chi connectivity index (χ0) is 25.4. The van der Waals surface area contributed by atoms with E-state index in [-0.39, 0.29) is 11.9 Å². The second kappa shape index (κ2) is 13.3. The van der Waals surface area contributed by atoms with Gasteiger partial charge < -0.3 is 15.5 Å². The monoisotopic (exact) mass is 497 g/mol. The molecule has 2 aromatic rings. The molecule has 2 N–H and O–H groups in total. The zero-order valence-corrected chi connectivity index (χ0v) is 22.8. The van der Waals surface area contributed by atoms with Crippen LogP contribution in [0.5, 0.6) is 0 Å². The molecule has 35 heavy (non-hydrogen) atoms. The number of nitrogens with two attached hydrogens (primary N) is 1. The fourth-order valence-electron chi connectivity index (χ4n) is 4.95. The third kappa shape index (κ3) is 8.54. The maximum Gasteiger partial charge on any atom is 0.239 e. The highest BCUT2D eigenvalue weighted by molar-refractivity contribution is 6.30. The minimum absolute atomic E-state index is 0.121. The molecule has 0 bridgehead atoms. The van der Waals surface area contributed by atoms with Gasteiger partial charge in [-0.05, 0) is 85.8 Å². The van der Waals surface area contributed by atoms with Crippen LogP contribution in [0.1, 0.15) is 64.5 Å². The highest BCUT2D eigenvalue weighted by Crippen LogP contribution is 2.26. The van der Waals surface area contributed by atoms with Crippen LogP contribution in [0, 0.1) is 11.8 Å². The van der Waals surface area contributed by atoms with E-state index in [1.54, 1.807) is 0 Å². The Morgan fingerprint density at radius 3 is 2.00 bits per heavy atom. The smallest absolute Gasteiger partial charge is 0.239 e. The molecule has 1 atom stereocenters. The second-order valence-corrected chi connectivity index (χ2v) is 11.4. The number of likely N-dealkylation sites (tertiary alicyclic amines) is 1. The minimum atomic E-state index is -0.371. The largest absolute Gasteiger partial charge is 0.368 e. The van der Waals surface area contributed by atoms with Crippen LogP contribution in [0.25, 0.3) is 0 Å². The van der Waals surface area contributed by atoms with E-state index in [0.29, 0.717) is 17.9 Å². The van der Waals surface area contributed by atoms with Gasteiger partial charge >= 0.3 is 0 Å². The van der Waals surface area contributed by atoms with Crippen LogP contribution in [0.3, 0.4) is 0 Å². The molecule has 1 saturated heterocycles. The van der Waals surface area contributed by atoms with Crippen molar-refractivity contribution >= 4 is 23.2 Å². The number of aryl methyl sites for hydroxylation is 2. The average molecular weight is 498 g/mol. The highest BCUT2D eigenvalue weighted by Gasteiger charge is 2.29. The number of halogens is 1. The van der Waals surface area contributed by atoms with Gasteiger partial charge in [-0.2, -0.15) is 0 Å². The third-order valence-electron chi connectivity index (χ3n) is 7.09. The lowest BCUT2D eigenvalue weighted by Crippen LogP contribution is -2.51. The van der Waals surface area contributed by atoms with Crippen molar-refractivity contribution in [3.8, 4) is 0 Å². The lowest BCUT2D eigenvalue weighted by Gasteiger charge is -2.41. The van der Waals surface area contributed by atoms with Crippen molar-refractivity contribution in [2.24, 2.45) is 17.6 Å². The summed E-state index contributed by atoms with van der Waals surface area (Å²) in [4.78, 5) is 17.4. The summed E-state index contributed by atoms with van der Waals surface area (Å²) in [6, 6.07) is 17.3. The topological polar surface area (TPSA) is 49.6 Å². The van der Waals surface area contributed by atoms with E-state index in [9.17, 15) is 4.79 Å². The molecule has 0 aromatic heterocycles. The van der Waals surface area contributed by atoms with Gasteiger partial charge in [-0.15, -0.1) is 0 Å². The normalized spacial score (nSPS) is 15.6. The number of nitrogens with zero attached hydrogens (tertiary/aromatic N) is 2. The van der Waals surface area contributed by atoms with E-state index >= 15 is 0 Å². The highest BCUT2D eigenvalue weighted by atomic mass is 35.5. The van der Waals surface area contributed by atoms with E-state index in [2.05, 4.69) is 69.0 Å². The molecule has 1 fully saturated rings. The molecule has 1 amide bonds. The molecule has 0 aliphatic carbocycles. The molecular formula is C30H44ClN3O. The van der Waals surface area contributed by atoms with Crippen LogP contribution in [0.15, 0.2) is 48.5 Å². The third-order valence-corrected chi connectivity index (χ3v) is 7.34. The first-order chi connectivity index (χ1) is 16.7. The Morgan fingerprint density at radius 2 is 1.49 bits per heavy atom. The Balaban J connectivity index is 1.61. The molecule has 1 aliphatic heterocycles. The quantitative estimate of drug-likeness (QED) is 0.394. The Bertz CT molecular complexity index is 902. The molecule has 192 valence electrons. The molecule has 0 radical (unpaired) electrons. The van der Waals surface area contributed by atoms with Crippen LogP contribution in [0.4, 0.5) is 5.69 Å². The average Bonchev–Trinajstić information content (AvgIpc) is 2.84. The summed E-state index contributed by atoms with van der Waals surface area (Å²) >= 11 is 6.01. The number of hydrogen-bond donors (Lipinski definition) is 1. The van der Waals surface area contributed by atoms with Gasteiger partial charge in [0.1, 0.15) is 0 Å². The van der Waals surface area contributed by atoms with E-state index in [4.69, 9.17) is 17.3 Å². The lowest BCUT2D eigenvalue weighted by atomic mass is 9.98. The molecule has 3 rings (SSSR count). The fourth-order valence-corrected chi connectivity index (χ4v) is 5.08. The maximum absolute atomic E-state index is 12.8. The predicted octanol–water partition coefficient (Wildman–Crippen LogP) is 6.34. The zero-order valence-electron chi connectivity index (χ0n) is 22.1. The Hall–Kier alpha value is -2.04. The molecule has 2 aromatic carbocycles. The van der Waals surface area contributed by atoms with E-state index in [1.807, 2.05) is 17.0 Å². The van der Waals surface area contributed by atoms with Crippen molar-refractivity contribution in [1.82, 2.24) is 4.90 Å². The predicted molar refractivity (Wildman–Crippen MR) is 149 cm³/mol. The van der Waals surface area contributed by atoms with Gasteiger partial charge in [0.15, 0.2) is 0 Å². The Morgan fingerprint density at radius 1 is 0.943 bits per heavy atom. The molecule has 1 heterocycles. The van der Waals surface area contributed by atoms with Gasteiger partial charge in [-0.3, -0.25) is 4.79 Å². The van der Waals surface area contributed by atoms with E-state index < -0.39 is 0 Å². The van der Waals surface area contributed by atoms with Gasteiger partial charge in [0.05, 0.1) is 6.04 Å². The van der Waals surface area contributed by atoms with Crippen molar-refractivity contribution in [3.05, 3.63) is 64.7 Å². The van der Waals surface area contributed by atoms with Gasteiger partial charge in [-0.1, -0.05) is 63.6 Å². The first-order valence-electron chi connectivity index (χ1n) is 13.4. The standard InChI is InChI=1S/C30H44ClN3O/c1-22(2)15-20-34(28-16-18-33(19-17-28)30(35)29(32)21-23(3)4)27-13-9-25(10-14-27)6-5-24-7-11-26(31)12-8-24/h7-14,22-23,28-29H,5-6,15-21,32H2,1-4H3/t29-/m0/s1. The number of carbonyl (C=O) groups is 1. The number of benzene rings is 2. The molecule has 5 heteroatoms. The minimum Gasteiger partial charge on any atom is -0.368 e. The summed E-state index contributed by atoms with van der Waals surface area (Å²) in [6.07, 6.45) is 5.94. The van der Waals surface area contributed by atoms with E-state index in [1.165, 1.54) is 16.8 Å². The number of hydrogen-bond acceptors (Lipinski definition) is 3. The molecular weight excluding hydrogens is 454 g/mol. The van der Waals surface area contributed by atoms with Crippen LogP contribution >= 0.6 is 11.6 Å². The van der Waals surface area contributed by atoms with Crippen molar-refractivity contribution < 1.29 is 4.79 Å². The van der Waals surface area contributed by atoms with Crippen LogP contribution in [-0.2, 0) is 17.6 Å². The van der Waals surface area contributed by atoms with Crippen LogP contribution in [0.2, 0.25) is 5.02 Å². The Labute approximate surface area is 217 Å².